The van der Waals surface area contributed by atoms with E-state index in [1.165, 1.54) is 0 Å². The third-order valence-corrected chi connectivity index (χ3v) is 5.09. The molecular weight excluding hydrogens is 271 g/mol. The zero-order chi connectivity index (χ0) is 14.8. The molecule has 114 valence electrons. The van der Waals surface area contributed by atoms with Crippen LogP contribution in [0, 0.1) is 0 Å². The van der Waals surface area contributed by atoms with Crippen molar-refractivity contribution in [3.63, 3.8) is 0 Å². The molecule has 0 aliphatic rings. The molecule has 1 aromatic carbocycles. The molecule has 1 rings (SSSR count). The second-order valence-electron chi connectivity index (χ2n) is 4.90. The van der Waals surface area contributed by atoms with Crippen LogP contribution in [0.5, 0.6) is 0 Å². The van der Waals surface area contributed by atoms with Gasteiger partial charge in [-0.15, -0.1) is 0 Å². The van der Waals surface area contributed by atoms with Crippen LogP contribution >= 0.6 is 7.60 Å². The minimum atomic E-state index is -3.18. The Balaban J connectivity index is 3.02. The number of hydrogen-bond donors (Lipinski definition) is 0. The molecule has 4 heteroatoms. The molecule has 0 amide bonds. The van der Waals surface area contributed by atoms with Crippen molar-refractivity contribution < 1.29 is 13.6 Å². The molecule has 1 aromatic rings. The quantitative estimate of drug-likeness (QED) is 0.587. The van der Waals surface area contributed by atoms with Crippen LogP contribution in [0.25, 0.3) is 0 Å². The highest BCUT2D eigenvalue weighted by atomic mass is 31.2. The van der Waals surface area contributed by atoms with E-state index in [-0.39, 0.29) is 0 Å². The summed E-state index contributed by atoms with van der Waals surface area (Å²) in [6.07, 6.45) is 4.78. The number of hydrogen-bond acceptors (Lipinski definition) is 3. The summed E-state index contributed by atoms with van der Waals surface area (Å²) in [5, 5.41) is 0.746. The van der Waals surface area contributed by atoms with Crippen LogP contribution in [-0.4, -0.2) is 13.2 Å². The molecule has 0 heterocycles. The number of rotatable bonds is 10. The van der Waals surface area contributed by atoms with Crippen molar-refractivity contribution >= 4 is 12.9 Å². The Morgan fingerprint density at radius 1 is 0.950 bits per heavy atom. The lowest BCUT2D eigenvalue weighted by atomic mass is 10.1. The van der Waals surface area contributed by atoms with E-state index in [1.54, 1.807) is 0 Å². The van der Waals surface area contributed by atoms with Crippen LogP contribution in [0.4, 0.5) is 0 Å². The fraction of sp³-hybridized carbons (Fsp3) is 0.625. The predicted octanol–water partition coefficient (Wildman–Crippen LogP) is 4.70. The van der Waals surface area contributed by atoms with E-state index in [4.69, 9.17) is 9.05 Å². The lowest BCUT2D eigenvalue weighted by Crippen LogP contribution is -2.16. The topological polar surface area (TPSA) is 35.5 Å². The first-order valence-corrected chi connectivity index (χ1v) is 9.19. The molecule has 0 aliphatic carbocycles. The Morgan fingerprint density at radius 3 is 2.10 bits per heavy atom. The second kappa shape index (κ2) is 9.33. The Bertz CT molecular complexity index is 419. The van der Waals surface area contributed by atoms with Gasteiger partial charge in [0.1, 0.15) is 0 Å². The minimum absolute atomic E-state index is 0.461. The van der Waals surface area contributed by atoms with Gasteiger partial charge in [-0.2, -0.15) is 0 Å². The molecule has 0 unspecified atom stereocenters. The van der Waals surface area contributed by atoms with Gasteiger partial charge in [0, 0.05) is 0 Å². The van der Waals surface area contributed by atoms with Crippen molar-refractivity contribution in [1.29, 1.82) is 0 Å². The SMILES string of the molecule is CCCCc1ccccc1P(=O)(OCCC)OCCC. The Morgan fingerprint density at radius 2 is 1.55 bits per heavy atom. The Hall–Kier alpha value is -0.630. The van der Waals surface area contributed by atoms with E-state index in [9.17, 15) is 4.57 Å². The molecule has 0 bridgehead atoms. The molecule has 0 spiro atoms. The molecule has 0 saturated heterocycles. The highest BCUT2D eigenvalue weighted by Gasteiger charge is 2.29. The number of aryl methyl sites for hydroxylation is 1. The summed E-state index contributed by atoms with van der Waals surface area (Å²) < 4.78 is 24.3. The monoisotopic (exact) mass is 298 g/mol. The summed E-state index contributed by atoms with van der Waals surface area (Å²) in [5.41, 5.74) is 1.09. The van der Waals surface area contributed by atoms with Crippen LogP contribution in [0.3, 0.4) is 0 Å². The van der Waals surface area contributed by atoms with Gasteiger partial charge < -0.3 is 9.05 Å². The summed E-state index contributed by atoms with van der Waals surface area (Å²) in [6, 6.07) is 7.81. The first kappa shape index (κ1) is 17.4. The van der Waals surface area contributed by atoms with Crippen molar-refractivity contribution in [2.75, 3.05) is 13.2 Å². The van der Waals surface area contributed by atoms with Crippen LogP contribution in [-0.2, 0) is 20.0 Å². The lowest BCUT2D eigenvalue weighted by Gasteiger charge is -2.21. The van der Waals surface area contributed by atoms with E-state index in [1.807, 2.05) is 38.1 Å². The zero-order valence-electron chi connectivity index (χ0n) is 12.9. The smallest absolute Gasteiger partial charge is 0.305 e. The van der Waals surface area contributed by atoms with Gasteiger partial charge in [-0.3, -0.25) is 4.57 Å². The molecule has 0 saturated carbocycles. The van der Waals surface area contributed by atoms with Crippen LogP contribution in [0.1, 0.15) is 52.0 Å². The van der Waals surface area contributed by atoms with Crippen LogP contribution in [0.15, 0.2) is 24.3 Å². The maximum absolute atomic E-state index is 13.1. The fourth-order valence-corrected chi connectivity index (χ4v) is 3.96. The van der Waals surface area contributed by atoms with Gasteiger partial charge in [-0.25, -0.2) is 0 Å². The van der Waals surface area contributed by atoms with E-state index < -0.39 is 7.60 Å². The van der Waals surface area contributed by atoms with Crippen molar-refractivity contribution in [2.24, 2.45) is 0 Å². The van der Waals surface area contributed by atoms with E-state index in [0.29, 0.717) is 13.2 Å². The molecule has 0 aromatic heterocycles. The van der Waals surface area contributed by atoms with Crippen molar-refractivity contribution in [3.8, 4) is 0 Å². The highest BCUT2D eigenvalue weighted by molar-refractivity contribution is 7.62. The summed E-state index contributed by atoms with van der Waals surface area (Å²) in [4.78, 5) is 0. The summed E-state index contributed by atoms with van der Waals surface area (Å²) >= 11 is 0. The third kappa shape index (κ3) is 5.05. The summed E-state index contributed by atoms with van der Waals surface area (Å²) in [7, 11) is -3.18. The molecule has 0 aliphatic heterocycles. The van der Waals surface area contributed by atoms with Crippen LogP contribution < -0.4 is 5.30 Å². The minimum Gasteiger partial charge on any atom is -0.305 e. The molecule has 0 fully saturated rings. The first-order chi connectivity index (χ1) is 9.68. The molecule has 3 nitrogen and oxygen atoms in total. The number of benzene rings is 1. The average Bonchev–Trinajstić information content (AvgIpc) is 2.49. The largest absolute Gasteiger partial charge is 0.361 e. The molecular formula is C16H27O3P. The maximum Gasteiger partial charge on any atom is 0.361 e. The Kier molecular flexibility index (Phi) is 8.13. The fourth-order valence-electron chi connectivity index (χ4n) is 1.96. The zero-order valence-corrected chi connectivity index (χ0v) is 13.8. The van der Waals surface area contributed by atoms with E-state index in [0.717, 1.165) is 43.0 Å². The first-order valence-electron chi connectivity index (χ1n) is 7.65. The Labute approximate surface area is 123 Å². The van der Waals surface area contributed by atoms with E-state index in [2.05, 4.69) is 6.92 Å². The van der Waals surface area contributed by atoms with Gasteiger partial charge in [0.05, 0.1) is 18.5 Å². The van der Waals surface area contributed by atoms with Crippen molar-refractivity contribution in [1.82, 2.24) is 0 Å². The summed E-state index contributed by atoms with van der Waals surface area (Å²) in [6.45, 7) is 7.09. The molecule has 0 radical (unpaired) electrons. The molecule has 0 atom stereocenters. The second-order valence-corrected chi connectivity index (χ2v) is 6.89. The lowest BCUT2D eigenvalue weighted by molar-refractivity contribution is 0.213. The third-order valence-electron chi connectivity index (χ3n) is 3.02. The van der Waals surface area contributed by atoms with Crippen molar-refractivity contribution in [2.45, 2.75) is 52.9 Å². The maximum atomic E-state index is 13.1. The normalized spacial score (nSPS) is 11.8. The van der Waals surface area contributed by atoms with Gasteiger partial charge in [-0.05, 0) is 37.3 Å². The highest BCUT2D eigenvalue weighted by Crippen LogP contribution is 2.48. The van der Waals surface area contributed by atoms with Gasteiger partial charge in [-0.1, -0.05) is 45.4 Å². The van der Waals surface area contributed by atoms with Crippen molar-refractivity contribution in [3.05, 3.63) is 29.8 Å². The molecule has 0 N–H and O–H groups in total. The van der Waals surface area contributed by atoms with Gasteiger partial charge in [0.2, 0.25) is 0 Å². The van der Waals surface area contributed by atoms with Gasteiger partial charge >= 0.3 is 7.60 Å². The van der Waals surface area contributed by atoms with Gasteiger partial charge in [0.15, 0.2) is 0 Å². The number of unbranched alkanes of at least 4 members (excludes halogenated alkanes) is 1. The van der Waals surface area contributed by atoms with E-state index >= 15 is 0 Å². The summed E-state index contributed by atoms with van der Waals surface area (Å²) in [5.74, 6) is 0. The average molecular weight is 298 g/mol. The van der Waals surface area contributed by atoms with Crippen LogP contribution in [0.2, 0.25) is 0 Å². The molecule has 20 heavy (non-hydrogen) atoms. The predicted molar refractivity (Wildman–Crippen MR) is 84.8 cm³/mol. The standard InChI is InChI=1S/C16H27O3P/c1-4-7-10-15-11-8-9-12-16(15)20(17,18-13-5-2)19-14-6-3/h8-9,11-12H,4-7,10,13-14H2,1-3H3. The van der Waals surface area contributed by atoms with Gasteiger partial charge in [0.25, 0.3) is 0 Å².